The fraction of sp³-hybridized carbons (Fsp3) is 0.356. The SMILES string of the molecule is CC(C)(C)OC(=O)COc1ccc([I+]c2ccc(C(C)(C)C)cc2)cc1.CC(C)(C)c1ccc([I+]c2ccc(C(C)(C)C)cc2)cc1.COCCOc1ccc([S+]2CCCC2)c2ccccc12.COc1ccc([I+]c2ccc(OC)cc2)cc1. The molecule has 0 N–H and O–H groups in total. The summed E-state index contributed by atoms with van der Waals surface area (Å²) in [6, 6.07) is 65.0. The van der Waals surface area contributed by atoms with Crippen molar-refractivity contribution in [3.63, 3.8) is 0 Å². The van der Waals surface area contributed by atoms with Crippen molar-refractivity contribution in [3.05, 3.63) is 220 Å². The van der Waals surface area contributed by atoms with Crippen LogP contribution in [0.2, 0.25) is 0 Å². The van der Waals surface area contributed by atoms with Gasteiger partial charge >= 0.3 is 69.6 Å². The normalized spacial score (nSPS) is 12.6. The van der Waals surface area contributed by atoms with Crippen LogP contribution in [0.15, 0.2) is 187 Å². The van der Waals surface area contributed by atoms with Gasteiger partial charge in [-0.05, 0) is 194 Å². The van der Waals surface area contributed by atoms with Crippen molar-refractivity contribution in [3.8, 4) is 23.0 Å². The van der Waals surface area contributed by atoms with Crippen LogP contribution < -0.4 is 82.6 Å². The first-order valence-corrected chi connectivity index (χ1v) is 36.7. The highest BCUT2D eigenvalue weighted by Crippen LogP contribution is 2.35. The van der Waals surface area contributed by atoms with E-state index in [2.05, 4.69) is 208 Å². The fourth-order valence-corrected chi connectivity index (χ4v) is 17.5. The summed E-state index contributed by atoms with van der Waals surface area (Å²) in [5, 5.41) is 2.60. The van der Waals surface area contributed by atoms with Crippen LogP contribution in [0.4, 0.5) is 0 Å². The molecule has 1 fully saturated rings. The van der Waals surface area contributed by atoms with Crippen molar-refractivity contribution in [2.75, 3.05) is 52.7 Å². The molecule has 84 heavy (non-hydrogen) atoms. The third kappa shape index (κ3) is 23.1. The largest absolute Gasteiger partial charge is 0.497 e. The molecule has 7 nitrogen and oxygen atoms in total. The summed E-state index contributed by atoms with van der Waals surface area (Å²) in [7, 11) is 5.52. The monoisotopic (exact) mass is 1490 g/mol. The molecule has 1 aliphatic rings. The van der Waals surface area contributed by atoms with Crippen LogP contribution in [0.25, 0.3) is 10.8 Å². The third-order valence-electron chi connectivity index (χ3n) is 13.2. The average Bonchev–Trinajstić information content (AvgIpc) is 2.98. The Morgan fingerprint density at radius 1 is 0.417 bits per heavy atom. The Labute approximate surface area is 537 Å². The molecule has 0 aromatic heterocycles. The van der Waals surface area contributed by atoms with Gasteiger partial charge in [0.15, 0.2) is 32.9 Å². The van der Waals surface area contributed by atoms with Crippen molar-refractivity contribution in [2.24, 2.45) is 0 Å². The maximum atomic E-state index is 11.7. The second-order valence-electron chi connectivity index (χ2n) is 24.3. The zero-order valence-corrected chi connectivity index (χ0v) is 59.5. The van der Waals surface area contributed by atoms with E-state index in [-0.39, 0.29) is 92.4 Å². The van der Waals surface area contributed by atoms with Crippen molar-refractivity contribution >= 4 is 27.6 Å². The number of carbonyl (C=O) groups excluding carboxylic acids is 1. The van der Waals surface area contributed by atoms with Crippen molar-refractivity contribution in [2.45, 2.75) is 123 Å². The van der Waals surface area contributed by atoms with Crippen molar-refractivity contribution < 1.29 is 96.8 Å². The van der Waals surface area contributed by atoms with Gasteiger partial charge in [0.1, 0.15) is 46.7 Å². The molecule has 0 amide bonds. The maximum Gasteiger partial charge on any atom is 0.357 e. The number of hydrogen-bond donors (Lipinski definition) is 0. The smallest absolute Gasteiger partial charge is 0.357 e. The van der Waals surface area contributed by atoms with Gasteiger partial charge in [0.05, 0.1) is 20.8 Å². The Kier molecular flexibility index (Phi) is 26.7. The predicted molar refractivity (Wildman–Crippen MR) is 337 cm³/mol. The lowest BCUT2D eigenvalue weighted by atomic mass is 9.87. The lowest BCUT2D eigenvalue weighted by Gasteiger charge is -2.19. The van der Waals surface area contributed by atoms with E-state index >= 15 is 0 Å². The van der Waals surface area contributed by atoms with E-state index in [1.165, 1.54) is 78.1 Å². The molecule has 0 saturated carbocycles. The molecule has 11 heteroatoms. The van der Waals surface area contributed by atoms with Gasteiger partial charge in [-0.15, -0.1) is 0 Å². The van der Waals surface area contributed by atoms with Gasteiger partial charge in [0.2, 0.25) is 0 Å². The Hall–Kier alpha value is -4.81. The quantitative estimate of drug-likeness (QED) is 0.0425. The predicted octanol–water partition coefficient (Wildman–Crippen LogP) is 7.71. The van der Waals surface area contributed by atoms with E-state index in [0.717, 1.165) is 17.2 Å². The summed E-state index contributed by atoms with van der Waals surface area (Å²) < 4.78 is 40.4. The number of benzene rings is 8. The Morgan fingerprint density at radius 3 is 1.12 bits per heavy atom. The highest BCUT2D eigenvalue weighted by molar-refractivity contribution is 7.97. The second kappa shape index (κ2) is 32.8. The van der Waals surface area contributed by atoms with Crippen molar-refractivity contribution in [1.29, 1.82) is 0 Å². The minimum absolute atomic E-state index is 0.0695. The van der Waals surface area contributed by atoms with E-state index in [4.69, 9.17) is 28.4 Å². The molecule has 0 radical (unpaired) electrons. The van der Waals surface area contributed by atoms with Crippen LogP contribution in [-0.2, 0) is 41.4 Å². The first-order chi connectivity index (χ1) is 39.9. The topological polar surface area (TPSA) is 72.5 Å². The van der Waals surface area contributed by atoms with Crippen LogP contribution in [0, 0.1) is 21.4 Å². The third-order valence-corrected chi connectivity index (χ3v) is 23.8. The molecule has 1 saturated heterocycles. The second-order valence-corrected chi connectivity index (χ2v) is 35.6. The van der Waals surface area contributed by atoms with E-state index in [9.17, 15) is 4.79 Å². The van der Waals surface area contributed by atoms with Gasteiger partial charge in [-0.25, -0.2) is 4.79 Å². The number of ether oxygens (including phenoxy) is 6. The summed E-state index contributed by atoms with van der Waals surface area (Å²) in [4.78, 5) is 13.2. The summed E-state index contributed by atoms with van der Waals surface area (Å²) in [5.74, 6) is 5.84. The summed E-state index contributed by atoms with van der Waals surface area (Å²) in [5.41, 5.74) is 4.37. The van der Waals surface area contributed by atoms with Crippen molar-refractivity contribution in [1.82, 2.24) is 0 Å². The standard InChI is InChI=1S/C22H28IO3.C20H26I.C17H21O2S.C14H14IO2/c1-21(2,3)16-7-9-17(10-8-16)23-18-11-13-19(14-12-18)25-15-20(24)26-22(4,5)6;1-19(2,3)15-7-11-17(12-8-15)21-18-13-9-16(10-14-18)20(4,5)6;1-18-10-11-19-16-8-9-17(20-12-4-5-13-20)15-7-3-2-6-14(15)16;1-16-13-7-3-11(4-8-13)15-12-5-9-14(17-2)10-6-12/h7-14H,15H2,1-6H3;7-14H,1-6H3;2-3,6-9H,4-5,10-13H2,1H3;3-10H,1-2H3/q4*+1. The van der Waals surface area contributed by atoms with Gasteiger partial charge in [0.25, 0.3) is 0 Å². The van der Waals surface area contributed by atoms with Gasteiger partial charge in [-0.1, -0.05) is 117 Å². The van der Waals surface area contributed by atoms with E-state index < -0.39 is 5.60 Å². The van der Waals surface area contributed by atoms with Crippen LogP contribution in [0.5, 0.6) is 23.0 Å². The molecule has 8 aromatic carbocycles. The number of esters is 1. The number of halogens is 3. The zero-order valence-electron chi connectivity index (χ0n) is 52.2. The fourth-order valence-electron chi connectivity index (χ4n) is 8.52. The molecule has 1 heterocycles. The Bertz CT molecular complexity index is 3120. The lowest BCUT2D eigenvalue weighted by molar-refractivity contribution is -0.597. The first-order valence-electron chi connectivity index (χ1n) is 28.7. The summed E-state index contributed by atoms with van der Waals surface area (Å²) in [6.45, 7) is 27.0. The van der Waals surface area contributed by atoms with E-state index in [1.807, 2.05) is 57.2 Å². The van der Waals surface area contributed by atoms with Crippen LogP contribution in [-0.4, -0.2) is 64.2 Å². The molecular weight excluding hydrogens is 1400 g/mol. The van der Waals surface area contributed by atoms with Gasteiger partial charge in [-0.2, -0.15) is 0 Å². The number of carbonyl (C=O) groups is 1. The molecule has 446 valence electrons. The molecule has 1 aliphatic heterocycles. The van der Waals surface area contributed by atoms with Crippen LogP contribution >= 0.6 is 0 Å². The number of hydrogen-bond acceptors (Lipinski definition) is 7. The molecule has 8 aromatic rings. The molecule has 0 atom stereocenters. The van der Waals surface area contributed by atoms with Gasteiger partial charge in [-0.3, -0.25) is 0 Å². The Morgan fingerprint density at radius 2 is 0.774 bits per heavy atom. The van der Waals surface area contributed by atoms with Gasteiger partial charge in [0, 0.05) is 28.8 Å². The number of methoxy groups -OCH3 is 3. The highest BCUT2D eigenvalue weighted by Gasteiger charge is 2.29. The molecule has 9 rings (SSSR count). The van der Waals surface area contributed by atoms with E-state index in [1.54, 1.807) is 21.3 Å². The highest BCUT2D eigenvalue weighted by atomic mass is 127. The number of rotatable bonds is 16. The average molecular weight is 1490 g/mol. The molecule has 0 aliphatic carbocycles. The zero-order chi connectivity index (χ0) is 60.9. The number of fused-ring (bicyclic) bond motifs is 1. The van der Waals surface area contributed by atoms with E-state index in [0.29, 0.717) is 29.9 Å². The van der Waals surface area contributed by atoms with Crippen LogP contribution in [0.1, 0.15) is 113 Å². The molecule has 0 unspecified atom stereocenters. The van der Waals surface area contributed by atoms with Gasteiger partial charge < -0.3 is 28.4 Å². The Balaban J connectivity index is 0.000000181. The summed E-state index contributed by atoms with van der Waals surface area (Å²) >= 11 is -0.411. The lowest BCUT2D eigenvalue weighted by Crippen LogP contribution is -3.61. The maximum absolute atomic E-state index is 11.7. The van der Waals surface area contributed by atoms with Crippen LogP contribution in [0.3, 0.4) is 0 Å². The minimum Gasteiger partial charge on any atom is -0.497 e. The first kappa shape index (κ1) is 68.3. The summed E-state index contributed by atoms with van der Waals surface area (Å²) in [6.07, 6.45) is 2.76. The molecule has 0 bridgehead atoms. The molecular formula is C73H89I3O7S+4. The minimum atomic E-state index is -0.489. The molecule has 0 spiro atoms.